The standard InChI is InChI=1S/C15H16N4O/c1-2-11-9-13(7-8-14(11)16)18-19-15-6-4-3-5-12(15)10-17-20/h3-9H,2,10,16H2,1H3. The smallest absolute Gasteiger partial charge is 0.108 e. The van der Waals surface area contributed by atoms with Gasteiger partial charge in [-0.05, 0) is 36.2 Å². The minimum atomic E-state index is 0.0944. The average Bonchev–Trinajstić information content (AvgIpc) is 2.48. The second kappa shape index (κ2) is 6.56. The summed E-state index contributed by atoms with van der Waals surface area (Å²) in [6.07, 6.45) is 0.848. The zero-order valence-corrected chi connectivity index (χ0v) is 11.3. The van der Waals surface area contributed by atoms with Crippen LogP contribution in [0.25, 0.3) is 0 Å². The molecule has 102 valence electrons. The summed E-state index contributed by atoms with van der Waals surface area (Å²) in [5.74, 6) is 0. The molecule has 5 heteroatoms. The third kappa shape index (κ3) is 3.26. The van der Waals surface area contributed by atoms with Crippen molar-refractivity contribution in [3.8, 4) is 0 Å². The molecule has 0 aliphatic carbocycles. The van der Waals surface area contributed by atoms with Gasteiger partial charge in [0.15, 0.2) is 0 Å². The van der Waals surface area contributed by atoms with Crippen LogP contribution in [0.1, 0.15) is 18.1 Å². The van der Waals surface area contributed by atoms with E-state index >= 15 is 0 Å². The fraction of sp³-hybridized carbons (Fsp3) is 0.200. The predicted octanol–water partition coefficient (Wildman–Crippen LogP) is 4.51. The Hall–Kier alpha value is -2.56. The van der Waals surface area contributed by atoms with Crippen LogP contribution >= 0.6 is 0 Å². The quantitative estimate of drug-likeness (QED) is 0.491. The van der Waals surface area contributed by atoms with Crippen molar-refractivity contribution in [2.24, 2.45) is 15.4 Å². The van der Waals surface area contributed by atoms with Gasteiger partial charge in [-0.3, -0.25) is 0 Å². The number of nitrogen functional groups attached to an aromatic ring is 1. The highest BCUT2D eigenvalue weighted by molar-refractivity contribution is 5.55. The number of aryl methyl sites for hydroxylation is 1. The van der Waals surface area contributed by atoms with Gasteiger partial charge in [0.1, 0.15) is 6.54 Å². The molecule has 2 N–H and O–H groups in total. The minimum Gasteiger partial charge on any atom is -0.399 e. The lowest BCUT2D eigenvalue weighted by atomic mass is 10.1. The molecule has 2 aromatic rings. The molecule has 2 rings (SSSR count). The lowest BCUT2D eigenvalue weighted by Gasteiger charge is -2.03. The third-order valence-corrected chi connectivity index (χ3v) is 3.01. The molecule has 5 nitrogen and oxygen atoms in total. The molecule has 0 unspecified atom stereocenters. The van der Waals surface area contributed by atoms with E-state index in [0.717, 1.165) is 28.9 Å². The first-order valence-corrected chi connectivity index (χ1v) is 6.41. The van der Waals surface area contributed by atoms with Crippen molar-refractivity contribution in [1.82, 2.24) is 0 Å². The van der Waals surface area contributed by atoms with E-state index in [9.17, 15) is 4.91 Å². The van der Waals surface area contributed by atoms with Gasteiger partial charge in [0.05, 0.1) is 11.4 Å². The summed E-state index contributed by atoms with van der Waals surface area (Å²) in [4.78, 5) is 10.4. The molecule has 0 radical (unpaired) electrons. The van der Waals surface area contributed by atoms with E-state index in [4.69, 9.17) is 5.73 Å². The summed E-state index contributed by atoms with van der Waals surface area (Å²) in [5.41, 5.74) is 9.82. The third-order valence-electron chi connectivity index (χ3n) is 3.01. The number of nitrogens with two attached hydrogens (primary N) is 1. The molecule has 0 spiro atoms. The highest BCUT2D eigenvalue weighted by Crippen LogP contribution is 2.25. The molecule has 0 aromatic heterocycles. The van der Waals surface area contributed by atoms with Gasteiger partial charge >= 0.3 is 0 Å². The SMILES string of the molecule is CCc1cc(N=Nc2ccccc2CN=O)ccc1N. The molecule has 20 heavy (non-hydrogen) atoms. The van der Waals surface area contributed by atoms with E-state index in [-0.39, 0.29) is 6.54 Å². The first-order valence-electron chi connectivity index (χ1n) is 6.41. The zero-order valence-electron chi connectivity index (χ0n) is 11.3. The minimum absolute atomic E-state index is 0.0944. The monoisotopic (exact) mass is 268 g/mol. The maximum Gasteiger partial charge on any atom is 0.108 e. The van der Waals surface area contributed by atoms with Crippen molar-refractivity contribution in [2.75, 3.05) is 5.73 Å². The summed E-state index contributed by atoms with van der Waals surface area (Å²) in [6.45, 7) is 2.13. The van der Waals surface area contributed by atoms with Crippen LogP contribution in [-0.4, -0.2) is 0 Å². The number of benzene rings is 2. The number of nitroso groups, excluding NO2 is 1. The molecule has 0 heterocycles. The predicted molar refractivity (Wildman–Crippen MR) is 80.3 cm³/mol. The molecule has 0 aliphatic rings. The first-order chi connectivity index (χ1) is 9.74. The molecule has 0 atom stereocenters. The van der Waals surface area contributed by atoms with Gasteiger partial charge in [-0.1, -0.05) is 30.3 Å². The number of anilines is 1. The molecule has 0 saturated carbocycles. The van der Waals surface area contributed by atoms with E-state index in [1.807, 2.05) is 49.4 Å². The Morgan fingerprint density at radius 1 is 1.05 bits per heavy atom. The number of rotatable bonds is 5. The van der Waals surface area contributed by atoms with Crippen LogP contribution in [0.3, 0.4) is 0 Å². The van der Waals surface area contributed by atoms with E-state index < -0.39 is 0 Å². The van der Waals surface area contributed by atoms with E-state index in [1.54, 1.807) is 0 Å². The van der Waals surface area contributed by atoms with Gasteiger partial charge in [0.25, 0.3) is 0 Å². The Morgan fingerprint density at radius 3 is 2.60 bits per heavy atom. The van der Waals surface area contributed by atoms with Gasteiger partial charge < -0.3 is 5.73 Å². The Morgan fingerprint density at radius 2 is 1.85 bits per heavy atom. The number of azo groups is 1. The maximum absolute atomic E-state index is 10.4. The summed E-state index contributed by atoms with van der Waals surface area (Å²) in [5, 5.41) is 11.3. The van der Waals surface area contributed by atoms with Crippen molar-refractivity contribution >= 4 is 17.1 Å². The summed E-state index contributed by atoms with van der Waals surface area (Å²) in [7, 11) is 0. The maximum atomic E-state index is 10.4. The van der Waals surface area contributed by atoms with Crippen LogP contribution in [0.15, 0.2) is 57.9 Å². The molecule has 0 fully saturated rings. The van der Waals surface area contributed by atoms with Crippen molar-refractivity contribution in [1.29, 1.82) is 0 Å². The molecular weight excluding hydrogens is 252 g/mol. The van der Waals surface area contributed by atoms with E-state index in [2.05, 4.69) is 15.4 Å². The molecule has 2 aromatic carbocycles. The van der Waals surface area contributed by atoms with E-state index in [1.165, 1.54) is 0 Å². The van der Waals surface area contributed by atoms with Crippen molar-refractivity contribution in [3.05, 3.63) is 58.5 Å². The Kier molecular flexibility index (Phi) is 4.55. The lowest BCUT2D eigenvalue weighted by Crippen LogP contribution is -1.91. The fourth-order valence-electron chi connectivity index (χ4n) is 1.88. The second-order valence-electron chi connectivity index (χ2n) is 4.35. The molecular formula is C15H16N4O. The Bertz CT molecular complexity index is 638. The summed E-state index contributed by atoms with van der Waals surface area (Å²) < 4.78 is 0. The van der Waals surface area contributed by atoms with Crippen LogP contribution < -0.4 is 5.73 Å². The summed E-state index contributed by atoms with van der Waals surface area (Å²) >= 11 is 0. The molecule has 0 bridgehead atoms. The summed E-state index contributed by atoms with van der Waals surface area (Å²) in [6, 6.07) is 12.9. The number of hydrogen-bond donors (Lipinski definition) is 1. The van der Waals surface area contributed by atoms with Crippen LogP contribution in [0.2, 0.25) is 0 Å². The van der Waals surface area contributed by atoms with Crippen LogP contribution in [0, 0.1) is 4.91 Å². The Balaban J connectivity index is 2.27. The van der Waals surface area contributed by atoms with Gasteiger partial charge in [-0.2, -0.15) is 15.1 Å². The van der Waals surface area contributed by atoms with E-state index in [0.29, 0.717) is 5.69 Å². The molecule has 0 amide bonds. The van der Waals surface area contributed by atoms with Gasteiger partial charge in [-0.25, -0.2) is 0 Å². The van der Waals surface area contributed by atoms with Crippen molar-refractivity contribution in [2.45, 2.75) is 19.9 Å². The molecule has 0 saturated heterocycles. The molecule has 0 aliphatic heterocycles. The van der Waals surface area contributed by atoms with Crippen molar-refractivity contribution in [3.63, 3.8) is 0 Å². The zero-order chi connectivity index (χ0) is 14.4. The topological polar surface area (TPSA) is 80.2 Å². The second-order valence-corrected chi connectivity index (χ2v) is 4.35. The van der Waals surface area contributed by atoms with Gasteiger partial charge in [0.2, 0.25) is 0 Å². The fourth-order valence-corrected chi connectivity index (χ4v) is 1.88. The first kappa shape index (κ1) is 13.9. The number of hydrogen-bond acceptors (Lipinski definition) is 5. The number of nitrogens with zero attached hydrogens (tertiary/aromatic N) is 3. The normalized spacial score (nSPS) is 10.8. The average molecular weight is 268 g/mol. The highest BCUT2D eigenvalue weighted by atomic mass is 16.3. The highest BCUT2D eigenvalue weighted by Gasteiger charge is 2.01. The lowest BCUT2D eigenvalue weighted by molar-refractivity contribution is 1.04. The Labute approximate surface area is 117 Å². The van der Waals surface area contributed by atoms with Crippen LogP contribution in [-0.2, 0) is 13.0 Å². The van der Waals surface area contributed by atoms with Gasteiger partial charge in [-0.15, -0.1) is 0 Å². The van der Waals surface area contributed by atoms with Crippen LogP contribution in [0.5, 0.6) is 0 Å². The van der Waals surface area contributed by atoms with Gasteiger partial charge in [0, 0.05) is 11.3 Å². The van der Waals surface area contributed by atoms with Crippen LogP contribution in [0.4, 0.5) is 17.1 Å². The largest absolute Gasteiger partial charge is 0.399 e. The van der Waals surface area contributed by atoms with Crippen molar-refractivity contribution < 1.29 is 0 Å².